The number of halogens is 1. The molecule has 0 bridgehead atoms. The van der Waals surface area contributed by atoms with E-state index in [9.17, 15) is 17.6 Å². The molecule has 0 aromatic heterocycles. The monoisotopic (exact) mass is 422 g/mol. The summed E-state index contributed by atoms with van der Waals surface area (Å²) >= 11 is 0. The van der Waals surface area contributed by atoms with Crippen LogP contribution in [0.3, 0.4) is 0 Å². The molecule has 1 fully saturated rings. The Morgan fingerprint density at radius 3 is 2.41 bits per heavy atom. The third kappa shape index (κ3) is 4.75. The van der Waals surface area contributed by atoms with E-state index in [1.807, 2.05) is 0 Å². The zero-order valence-corrected chi connectivity index (χ0v) is 17.1. The highest BCUT2D eigenvalue weighted by Crippen LogP contribution is 2.22. The summed E-state index contributed by atoms with van der Waals surface area (Å²) in [6.45, 7) is 2.17. The molecule has 29 heavy (non-hydrogen) atoms. The summed E-state index contributed by atoms with van der Waals surface area (Å²) in [5, 5.41) is 0. The van der Waals surface area contributed by atoms with Gasteiger partial charge in [-0.1, -0.05) is 12.1 Å². The molecule has 1 aliphatic heterocycles. The predicted molar refractivity (Wildman–Crippen MR) is 105 cm³/mol. The molecule has 0 atom stereocenters. The maximum absolute atomic E-state index is 13.9. The van der Waals surface area contributed by atoms with Crippen LogP contribution in [-0.2, 0) is 21.3 Å². The summed E-state index contributed by atoms with van der Waals surface area (Å²) in [5.74, 6) is -0.811. The minimum absolute atomic E-state index is 0.0612. The second kappa shape index (κ2) is 8.89. The second-order valence-electron chi connectivity index (χ2n) is 6.67. The third-order valence-corrected chi connectivity index (χ3v) is 6.74. The number of ether oxygens (including phenoxy) is 2. The molecule has 0 unspecified atom stereocenters. The number of carbonyl (C=O) groups is 1. The first-order valence-corrected chi connectivity index (χ1v) is 10.5. The predicted octanol–water partition coefficient (Wildman–Crippen LogP) is 2.13. The van der Waals surface area contributed by atoms with E-state index < -0.39 is 21.8 Å². The Kier molecular flexibility index (Phi) is 6.51. The summed E-state index contributed by atoms with van der Waals surface area (Å²) in [7, 11) is -1.05. The first-order chi connectivity index (χ1) is 13.8. The number of nitrogens with zero attached hydrogens (tertiary/aromatic N) is 2. The highest BCUT2D eigenvalue weighted by molar-refractivity contribution is 7.89. The van der Waals surface area contributed by atoms with Gasteiger partial charge in [0, 0.05) is 32.7 Å². The minimum Gasteiger partial charge on any atom is -0.494 e. The molecule has 2 aromatic rings. The van der Waals surface area contributed by atoms with Crippen LogP contribution in [0.25, 0.3) is 0 Å². The van der Waals surface area contributed by atoms with Crippen LogP contribution in [0.5, 0.6) is 5.75 Å². The van der Waals surface area contributed by atoms with E-state index in [1.54, 1.807) is 12.1 Å². The van der Waals surface area contributed by atoms with Crippen LogP contribution in [-0.4, -0.2) is 64.0 Å². The van der Waals surface area contributed by atoms with Gasteiger partial charge in [0.1, 0.15) is 0 Å². The molecular formula is C20H23FN2O5S. The number of carbonyl (C=O) groups excluding carboxylic acids is 1. The molecular weight excluding hydrogens is 399 g/mol. The van der Waals surface area contributed by atoms with Crippen molar-refractivity contribution in [1.29, 1.82) is 0 Å². The van der Waals surface area contributed by atoms with Crippen molar-refractivity contribution in [1.82, 2.24) is 9.21 Å². The van der Waals surface area contributed by atoms with E-state index in [0.29, 0.717) is 32.7 Å². The van der Waals surface area contributed by atoms with Gasteiger partial charge in [0.2, 0.25) is 10.0 Å². The van der Waals surface area contributed by atoms with Crippen molar-refractivity contribution in [3.8, 4) is 5.75 Å². The molecule has 7 nitrogen and oxygen atoms in total. The molecule has 1 saturated heterocycles. The molecule has 1 heterocycles. The summed E-state index contributed by atoms with van der Waals surface area (Å²) < 4.78 is 50.7. The van der Waals surface area contributed by atoms with E-state index in [2.05, 4.69) is 9.64 Å². The molecule has 1 aliphatic rings. The normalized spacial score (nSPS) is 15.8. The van der Waals surface area contributed by atoms with Gasteiger partial charge in [0.25, 0.3) is 0 Å². The Bertz CT molecular complexity index is 988. The number of hydrogen-bond acceptors (Lipinski definition) is 6. The van der Waals surface area contributed by atoms with E-state index in [-0.39, 0.29) is 16.2 Å². The van der Waals surface area contributed by atoms with Crippen LogP contribution in [0, 0.1) is 5.82 Å². The Hall–Kier alpha value is -2.49. The van der Waals surface area contributed by atoms with Crippen molar-refractivity contribution >= 4 is 16.0 Å². The number of sulfonamides is 1. The van der Waals surface area contributed by atoms with Crippen LogP contribution in [0.1, 0.15) is 15.9 Å². The molecule has 3 rings (SSSR count). The Balaban J connectivity index is 1.65. The summed E-state index contributed by atoms with van der Waals surface area (Å²) in [4.78, 5) is 13.8. The molecule has 156 valence electrons. The highest BCUT2D eigenvalue weighted by atomic mass is 32.2. The zero-order chi connectivity index (χ0) is 21.0. The second-order valence-corrected chi connectivity index (χ2v) is 8.61. The molecule has 0 N–H and O–H groups in total. The smallest absolute Gasteiger partial charge is 0.337 e. The fourth-order valence-corrected chi connectivity index (χ4v) is 4.71. The largest absolute Gasteiger partial charge is 0.494 e. The number of rotatable bonds is 6. The van der Waals surface area contributed by atoms with Crippen molar-refractivity contribution in [2.45, 2.75) is 11.4 Å². The molecule has 2 aromatic carbocycles. The van der Waals surface area contributed by atoms with Gasteiger partial charge in [0.05, 0.1) is 24.7 Å². The van der Waals surface area contributed by atoms with Gasteiger partial charge in [-0.05, 0) is 35.9 Å². The SMILES string of the molecule is COC(=O)c1cccc(S(=O)(=O)N2CCN(Cc3ccc(OC)c(F)c3)CC2)c1. The van der Waals surface area contributed by atoms with E-state index in [1.165, 1.54) is 48.9 Å². The quantitative estimate of drug-likeness (QED) is 0.664. The van der Waals surface area contributed by atoms with Gasteiger partial charge in [-0.2, -0.15) is 4.31 Å². The summed E-state index contributed by atoms with van der Waals surface area (Å²) in [6, 6.07) is 10.6. The van der Waals surface area contributed by atoms with Gasteiger partial charge in [-0.25, -0.2) is 17.6 Å². The number of methoxy groups -OCH3 is 2. The molecule has 0 aliphatic carbocycles. The topological polar surface area (TPSA) is 76.2 Å². The third-order valence-electron chi connectivity index (χ3n) is 4.85. The van der Waals surface area contributed by atoms with Gasteiger partial charge in [0.15, 0.2) is 11.6 Å². The van der Waals surface area contributed by atoms with Crippen molar-refractivity contribution in [2.24, 2.45) is 0 Å². The molecule has 0 saturated carbocycles. The van der Waals surface area contributed by atoms with Gasteiger partial charge < -0.3 is 9.47 Å². The van der Waals surface area contributed by atoms with E-state index in [0.717, 1.165) is 5.56 Å². The number of esters is 1. The van der Waals surface area contributed by atoms with Crippen LogP contribution < -0.4 is 4.74 Å². The number of piperazine rings is 1. The fraction of sp³-hybridized carbons (Fsp3) is 0.350. The zero-order valence-electron chi connectivity index (χ0n) is 16.3. The van der Waals surface area contributed by atoms with Gasteiger partial charge in [-0.3, -0.25) is 4.90 Å². The Morgan fingerprint density at radius 1 is 1.07 bits per heavy atom. The van der Waals surface area contributed by atoms with Crippen LogP contribution >= 0.6 is 0 Å². The minimum atomic E-state index is -3.72. The van der Waals surface area contributed by atoms with Crippen LogP contribution in [0.4, 0.5) is 4.39 Å². The maximum Gasteiger partial charge on any atom is 0.337 e. The average molecular weight is 422 g/mol. The standard InChI is InChI=1S/C20H23FN2O5S/c1-27-19-7-6-15(12-18(19)21)14-22-8-10-23(11-9-22)29(25,26)17-5-3-4-16(13-17)20(24)28-2/h3-7,12-13H,8-11,14H2,1-2H3. The lowest BCUT2D eigenvalue weighted by atomic mass is 10.2. The average Bonchev–Trinajstić information content (AvgIpc) is 2.74. The maximum atomic E-state index is 13.9. The molecule has 0 amide bonds. The first-order valence-electron chi connectivity index (χ1n) is 9.08. The van der Waals surface area contributed by atoms with Crippen molar-refractivity contribution in [3.63, 3.8) is 0 Å². The Labute approximate surface area is 169 Å². The summed E-state index contributed by atoms with van der Waals surface area (Å²) in [6.07, 6.45) is 0. The number of benzene rings is 2. The van der Waals surface area contributed by atoms with Crippen molar-refractivity contribution in [3.05, 3.63) is 59.4 Å². The van der Waals surface area contributed by atoms with E-state index >= 15 is 0 Å². The number of hydrogen-bond donors (Lipinski definition) is 0. The van der Waals surface area contributed by atoms with Gasteiger partial charge in [-0.15, -0.1) is 0 Å². The summed E-state index contributed by atoms with van der Waals surface area (Å²) in [5.41, 5.74) is 0.985. The van der Waals surface area contributed by atoms with Crippen LogP contribution in [0.15, 0.2) is 47.4 Å². The first kappa shape index (κ1) is 21.2. The Morgan fingerprint density at radius 2 is 1.79 bits per heavy atom. The lowest BCUT2D eigenvalue weighted by molar-refractivity contribution is 0.0600. The lowest BCUT2D eigenvalue weighted by Gasteiger charge is -2.34. The fourth-order valence-electron chi connectivity index (χ4n) is 3.24. The van der Waals surface area contributed by atoms with E-state index in [4.69, 9.17) is 4.74 Å². The van der Waals surface area contributed by atoms with Gasteiger partial charge >= 0.3 is 5.97 Å². The molecule has 0 spiro atoms. The molecule has 9 heteroatoms. The molecule has 0 radical (unpaired) electrons. The van der Waals surface area contributed by atoms with Crippen molar-refractivity contribution in [2.75, 3.05) is 40.4 Å². The van der Waals surface area contributed by atoms with Crippen LogP contribution in [0.2, 0.25) is 0 Å². The lowest BCUT2D eigenvalue weighted by Crippen LogP contribution is -2.48. The highest BCUT2D eigenvalue weighted by Gasteiger charge is 2.29. The van der Waals surface area contributed by atoms with Crippen molar-refractivity contribution < 1.29 is 27.1 Å².